The Morgan fingerprint density at radius 1 is 1.26 bits per heavy atom. The van der Waals surface area contributed by atoms with Crippen LogP contribution >= 0.6 is 0 Å². The monoisotopic (exact) mass is 422 g/mol. The molecule has 0 amide bonds. The second kappa shape index (κ2) is 8.26. The highest BCUT2D eigenvalue weighted by Gasteiger charge is 2.38. The summed E-state index contributed by atoms with van der Waals surface area (Å²) in [7, 11) is 0. The fourth-order valence-electron chi connectivity index (χ4n) is 3.38. The second-order valence-corrected chi connectivity index (χ2v) is 7.09. The molecule has 0 atom stereocenters. The highest BCUT2D eigenvalue weighted by Crippen LogP contribution is 2.34. The molecule has 0 spiro atoms. The van der Waals surface area contributed by atoms with Gasteiger partial charge in [0.25, 0.3) is 0 Å². The molecule has 9 heteroatoms. The minimum atomic E-state index is -1.15. The van der Waals surface area contributed by atoms with Gasteiger partial charge in [-0.3, -0.25) is 4.79 Å². The number of pyridine rings is 1. The molecule has 4 rings (SSSR count). The molecule has 0 bridgehead atoms. The third-order valence-corrected chi connectivity index (χ3v) is 4.94. The molecular formula is C22H19FN4O4. The number of nitriles is 1. The van der Waals surface area contributed by atoms with Gasteiger partial charge in [0, 0.05) is 11.8 Å². The fraction of sp³-hybridized carbons (Fsp3) is 0.273. The summed E-state index contributed by atoms with van der Waals surface area (Å²) in [5, 5.41) is 13.5. The third kappa shape index (κ3) is 4.03. The van der Waals surface area contributed by atoms with Gasteiger partial charge >= 0.3 is 5.56 Å². The van der Waals surface area contributed by atoms with E-state index in [1.165, 1.54) is 30.5 Å². The van der Waals surface area contributed by atoms with E-state index in [0.29, 0.717) is 35.7 Å². The van der Waals surface area contributed by atoms with Crippen molar-refractivity contribution in [1.29, 1.82) is 5.26 Å². The van der Waals surface area contributed by atoms with Crippen molar-refractivity contribution in [3.8, 4) is 17.5 Å². The first-order valence-corrected chi connectivity index (χ1v) is 9.57. The Labute approximate surface area is 177 Å². The standard InChI is InChI=1S/C22H19FN4O4/c1-14-19(29-13-15-7-8-25-17(11-15)12-24)21(28)27(18-5-3-16(23)4-6-18)26-20(14)22(2)30-9-10-31-22/h3-8,11H,9-10,13H2,1-2H3. The first-order valence-electron chi connectivity index (χ1n) is 9.57. The summed E-state index contributed by atoms with van der Waals surface area (Å²) >= 11 is 0. The Morgan fingerprint density at radius 2 is 1.97 bits per heavy atom. The van der Waals surface area contributed by atoms with Gasteiger partial charge < -0.3 is 14.2 Å². The van der Waals surface area contributed by atoms with Crippen LogP contribution in [0.1, 0.15) is 29.4 Å². The predicted molar refractivity (Wildman–Crippen MR) is 107 cm³/mol. The number of hydrogen-bond acceptors (Lipinski definition) is 7. The number of hydrogen-bond donors (Lipinski definition) is 0. The molecule has 0 saturated carbocycles. The van der Waals surface area contributed by atoms with Gasteiger partial charge in [-0.05, 0) is 55.8 Å². The quantitative estimate of drug-likeness (QED) is 0.623. The van der Waals surface area contributed by atoms with Crippen LogP contribution in [0.4, 0.5) is 4.39 Å². The van der Waals surface area contributed by atoms with Gasteiger partial charge in [-0.25, -0.2) is 9.37 Å². The van der Waals surface area contributed by atoms with E-state index in [1.807, 2.05) is 6.07 Å². The van der Waals surface area contributed by atoms with E-state index >= 15 is 0 Å². The molecule has 0 unspecified atom stereocenters. The molecule has 1 saturated heterocycles. The maximum absolute atomic E-state index is 13.4. The van der Waals surface area contributed by atoms with Gasteiger partial charge in [0.05, 0.1) is 18.9 Å². The topological polar surface area (TPSA) is 99.3 Å². The maximum atomic E-state index is 13.4. The Morgan fingerprint density at radius 3 is 2.65 bits per heavy atom. The van der Waals surface area contributed by atoms with Crippen molar-refractivity contribution in [1.82, 2.24) is 14.8 Å². The lowest BCUT2D eigenvalue weighted by Gasteiger charge is -2.25. The van der Waals surface area contributed by atoms with Crippen molar-refractivity contribution in [3.63, 3.8) is 0 Å². The number of aromatic nitrogens is 3. The Kier molecular flexibility index (Phi) is 5.50. The van der Waals surface area contributed by atoms with Crippen molar-refractivity contribution < 1.29 is 18.6 Å². The number of benzene rings is 1. The molecule has 3 heterocycles. The number of rotatable bonds is 5. The lowest BCUT2D eigenvalue weighted by atomic mass is 10.1. The molecule has 0 aliphatic carbocycles. The highest BCUT2D eigenvalue weighted by atomic mass is 19.1. The van der Waals surface area contributed by atoms with E-state index in [9.17, 15) is 9.18 Å². The number of nitrogens with zero attached hydrogens (tertiary/aromatic N) is 4. The zero-order valence-corrected chi connectivity index (χ0v) is 17.0. The van der Waals surface area contributed by atoms with E-state index in [1.54, 1.807) is 26.0 Å². The summed E-state index contributed by atoms with van der Waals surface area (Å²) in [6.45, 7) is 4.24. The minimum Gasteiger partial charge on any atom is -0.483 e. The summed E-state index contributed by atoms with van der Waals surface area (Å²) < 4.78 is 31.9. The van der Waals surface area contributed by atoms with Crippen molar-refractivity contribution in [2.24, 2.45) is 0 Å². The average molecular weight is 422 g/mol. The van der Waals surface area contributed by atoms with Crippen LogP contribution in [0.15, 0.2) is 47.4 Å². The highest BCUT2D eigenvalue weighted by molar-refractivity contribution is 5.40. The predicted octanol–water partition coefficient (Wildman–Crippen LogP) is 2.75. The van der Waals surface area contributed by atoms with Gasteiger partial charge in [-0.15, -0.1) is 0 Å². The van der Waals surface area contributed by atoms with E-state index in [0.717, 1.165) is 4.68 Å². The summed E-state index contributed by atoms with van der Waals surface area (Å²) in [4.78, 5) is 17.2. The van der Waals surface area contributed by atoms with Crippen LogP contribution < -0.4 is 10.3 Å². The van der Waals surface area contributed by atoms with E-state index < -0.39 is 17.2 Å². The van der Waals surface area contributed by atoms with Crippen LogP contribution in [0.5, 0.6) is 5.75 Å². The van der Waals surface area contributed by atoms with Crippen LogP contribution in [0.25, 0.3) is 5.69 Å². The second-order valence-electron chi connectivity index (χ2n) is 7.09. The van der Waals surface area contributed by atoms with E-state index in [4.69, 9.17) is 19.5 Å². The molecule has 158 valence electrons. The first-order chi connectivity index (χ1) is 14.9. The summed E-state index contributed by atoms with van der Waals surface area (Å²) in [5.74, 6) is -1.52. The molecule has 1 aromatic carbocycles. The van der Waals surface area contributed by atoms with Gasteiger partial charge in [0.15, 0.2) is 5.75 Å². The molecule has 1 aliphatic rings. The van der Waals surface area contributed by atoms with Crippen LogP contribution in [0.2, 0.25) is 0 Å². The van der Waals surface area contributed by atoms with Crippen molar-refractivity contribution >= 4 is 0 Å². The largest absolute Gasteiger partial charge is 0.483 e. The summed E-state index contributed by atoms with van der Waals surface area (Å²) in [5.41, 5.74) is 1.64. The van der Waals surface area contributed by atoms with Crippen LogP contribution in [-0.4, -0.2) is 28.0 Å². The van der Waals surface area contributed by atoms with Crippen molar-refractivity contribution in [2.75, 3.05) is 13.2 Å². The van der Waals surface area contributed by atoms with E-state index in [2.05, 4.69) is 10.1 Å². The van der Waals surface area contributed by atoms with Gasteiger partial charge in [-0.1, -0.05) is 0 Å². The number of ether oxygens (including phenoxy) is 3. The molecule has 2 aromatic heterocycles. The summed E-state index contributed by atoms with van der Waals surface area (Å²) in [6.07, 6.45) is 1.50. The molecular weight excluding hydrogens is 403 g/mol. The SMILES string of the molecule is Cc1c(C2(C)OCCO2)nn(-c2ccc(F)cc2)c(=O)c1OCc1ccnc(C#N)c1. The lowest BCUT2D eigenvalue weighted by Crippen LogP contribution is -2.33. The van der Waals surface area contributed by atoms with Crippen LogP contribution in [-0.2, 0) is 21.9 Å². The number of halogens is 1. The minimum absolute atomic E-state index is 0.0403. The van der Waals surface area contributed by atoms with Crippen LogP contribution in [0, 0.1) is 24.1 Å². The molecule has 8 nitrogen and oxygen atoms in total. The lowest BCUT2D eigenvalue weighted by molar-refractivity contribution is -0.154. The van der Waals surface area contributed by atoms with Crippen molar-refractivity contribution in [2.45, 2.75) is 26.2 Å². The Bertz CT molecular complexity index is 1210. The Hall–Kier alpha value is -3.61. The average Bonchev–Trinajstić information content (AvgIpc) is 3.22. The van der Waals surface area contributed by atoms with Gasteiger partial charge in [0.1, 0.15) is 29.9 Å². The normalized spacial score (nSPS) is 14.9. The molecule has 31 heavy (non-hydrogen) atoms. The molecule has 3 aromatic rings. The Balaban J connectivity index is 1.80. The third-order valence-electron chi connectivity index (χ3n) is 4.94. The molecule has 0 N–H and O–H groups in total. The zero-order chi connectivity index (χ0) is 22.0. The molecule has 1 fully saturated rings. The van der Waals surface area contributed by atoms with Gasteiger partial charge in [0.2, 0.25) is 5.79 Å². The maximum Gasteiger partial charge on any atom is 0.314 e. The smallest absolute Gasteiger partial charge is 0.314 e. The molecule has 1 aliphatic heterocycles. The van der Waals surface area contributed by atoms with Crippen molar-refractivity contribution in [3.05, 3.63) is 81.3 Å². The first kappa shape index (κ1) is 20.7. The zero-order valence-electron chi connectivity index (χ0n) is 17.0. The van der Waals surface area contributed by atoms with Crippen LogP contribution in [0.3, 0.4) is 0 Å². The van der Waals surface area contributed by atoms with E-state index in [-0.39, 0.29) is 18.1 Å². The summed E-state index contributed by atoms with van der Waals surface area (Å²) in [6, 6.07) is 10.6. The molecule has 0 radical (unpaired) electrons. The van der Waals surface area contributed by atoms with Gasteiger partial charge in [-0.2, -0.15) is 15.0 Å². The fourth-order valence-corrected chi connectivity index (χ4v) is 3.38.